The molecule has 0 spiro atoms. The lowest BCUT2D eigenvalue weighted by atomic mass is 10.1. The van der Waals surface area contributed by atoms with Gasteiger partial charge < -0.3 is 9.47 Å². The van der Waals surface area contributed by atoms with E-state index in [0.717, 1.165) is 12.1 Å². The minimum atomic E-state index is -3.08. The maximum absolute atomic E-state index is 12.1. The van der Waals surface area contributed by atoms with E-state index in [4.69, 9.17) is 11.6 Å². The van der Waals surface area contributed by atoms with Crippen LogP contribution in [0, 0.1) is 0 Å². The second kappa shape index (κ2) is 6.30. The van der Waals surface area contributed by atoms with Crippen molar-refractivity contribution in [3.05, 3.63) is 28.3 Å². The molecule has 0 aliphatic heterocycles. The fraction of sp³-hybridized carbons (Fsp3) is 0.273. The number of aldehydes is 1. The van der Waals surface area contributed by atoms with E-state index in [1.807, 2.05) is 0 Å². The monoisotopic (exact) mass is 278 g/mol. The fourth-order valence-electron chi connectivity index (χ4n) is 1.24. The second-order valence-electron chi connectivity index (χ2n) is 3.09. The first kappa shape index (κ1) is 14.4. The van der Waals surface area contributed by atoms with Crippen molar-refractivity contribution < 1.29 is 27.8 Å². The van der Waals surface area contributed by atoms with Gasteiger partial charge in [-0.1, -0.05) is 11.6 Å². The van der Waals surface area contributed by atoms with Crippen LogP contribution in [0.5, 0.6) is 5.75 Å². The molecule has 0 saturated heterocycles. The first-order valence-corrected chi connectivity index (χ1v) is 5.28. The number of carbonyl (C=O) groups is 2. The molecule has 0 saturated carbocycles. The van der Waals surface area contributed by atoms with Gasteiger partial charge in [-0.05, 0) is 19.1 Å². The van der Waals surface area contributed by atoms with Crippen LogP contribution in [0.3, 0.4) is 0 Å². The van der Waals surface area contributed by atoms with Gasteiger partial charge >= 0.3 is 12.6 Å². The maximum atomic E-state index is 12.1. The highest BCUT2D eigenvalue weighted by Crippen LogP contribution is 2.29. The van der Waals surface area contributed by atoms with Gasteiger partial charge in [0, 0.05) is 5.56 Å². The number of rotatable bonds is 5. The molecule has 98 valence electrons. The molecule has 1 aromatic carbocycles. The van der Waals surface area contributed by atoms with E-state index in [1.165, 1.54) is 0 Å². The molecule has 1 aromatic rings. The average molecular weight is 279 g/mol. The van der Waals surface area contributed by atoms with Crippen LogP contribution < -0.4 is 4.74 Å². The van der Waals surface area contributed by atoms with Crippen LogP contribution >= 0.6 is 11.6 Å². The van der Waals surface area contributed by atoms with Crippen molar-refractivity contribution in [3.63, 3.8) is 0 Å². The number of halogens is 3. The fourth-order valence-corrected chi connectivity index (χ4v) is 1.45. The minimum Gasteiger partial charge on any atom is -0.462 e. The Kier molecular flexibility index (Phi) is 5.03. The molecule has 0 bridgehead atoms. The normalized spacial score (nSPS) is 10.3. The van der Waals surface area contributed by atoms with Crippen molar-refractivity contribution in [1.82, 2.24) is 0 Å². The Morgan fingerprint density at radius 1 is 1.50 bits per heavy atom. The predicted molar refractivity (Wildman–Crippen MR) is 59.4 cm³/mol. The lowest BCUT2D eigenvalue weighted by molar-refractivity contribution is -0.0498. The number of hydrogen-bond donors (Lipinski definition) is 0. The maximum Gasteiger partial charge on any atom is 0.387 e. The van der Waals surface area contributed by atoms with E-state index in [9.17, 15) is 18.4 Å². The molecule has 0 fully saturated rings. The summed E-state index contributed by atoms with van der Waals surface area (Å²) in [7, 11) is 0. The summed E-state index contributed by atoms with van der Waals surface area (Å²) in [6.07, 6.45) is 0.379. The summed E-state index contributed by atoms with van der Waals surface area (Å²) in [5, 5.41) is -0.189. The molecule has 7 heteroatoms. The molecule has 0 atom stereocenters. The number of esters is 1. The molecule has 0 aliphatic rings. The van der Waals surface area contributed by atoms with Gasteiger partial charge in [0.25, 0.3) is 0 Å². The van der Waals surface area contributed by atoms with Crippen LogP contribution in [0.4, 0.5) is 8.78 Å². The highest BCUT2D eigenvalue weighted by atomic mass is 35.5. The van der Waals surface area contributed by atoms with Crippen molar-refractivity contribution in [3.8, 4) is 5.75 Å². The minimum absolute atomic E-state index is 0.0555. The van der Waals surface area contributed by atoms with Crippen LogP contribution in [0.1, 0.15) is 27.6 Å². The Hall–Kier alpha value is -1.69. The largest absolute Gasteiger partial charge is 0.462 e. The lowest BCUT2D eigenvalue weighted by Crippen LogP contribution is -2.10. The first-order valence-electron chi connectivity index (χ1n) is 4.90. The van der Waals surface area contributed by atoms with Gasteiger partial charge in [-0.2, -0.15) is 8.78 Å². The summed E-state index contributed by atoms with van der Waals surface area (Å²) >= 11 is 5.64. The van der Waals surface area contributed by atoms with E-state index in [0.29, 0.717) is 6.29 Å². The highest BCUT2D eigenvalue weighted by molar-refractivity contribution is 6.32. The summed E-state index contributed by atoms with van der Waals surface area (Å²) in [4.78, 5) is 22.3. The molecule has 0 aromatic heterocycles. The van der Waals surface area contributed by atoms with Crippen molar-refractivity contribution in [2.45, 2.75) is 13.5 Å². The number of carbonyl (C=O) groups excluding carboxylic acids is 2. The van der Waals surface area contributed by atoms with Crippen molar-refractivity contribution in [2.24, 2.45) is 0 Å². The summed E-state index contributed by atoms with van der Waals surface area (Å²) in [5.74, 6) is -1.20. The second-order valence-corrected chi connectivity index (χ2v) is 3.49. The summed E-state index contributed by atoms with van der Waals surface area (Å²) in [5.41, 5.74) is -0.230. The molecule has 0 radical (unpaired) electrons. The SMILES string of the molecule is CCOC(=O)c1cc(OC(F)F)c(Cl)cc1C=O. The van der Waals surface area contributed by atoms with Crippen LogP contribution in [-0.2, 0) is 4.74 Å². The van der Waals surface area contributed by atoms with Crippen LogP contribution in [-0.4, -0.2) is 25.5 Å². The topological polar surface area (TPSA) is 52.6 Å². The van der Waals surface area contributed by atoms with Gasteiger partial charge in [0.1, 0.15) is 5.75 Å². The molecule has 1 rings (SSSR count). The number of ether oxygens (including phenoxy) is 2. The van der Waals surface area contributed by atoms with Gasteiger partial charge in [-0.15, -0.1) is 0 Å². The molecule has 0 amide bonds. The van der Waals surface area contributed by atoms with Crippen LogP contribution in [0.2, 0.25) is 5.02 Å². The van der Waals surface area contributed by atoms with Gasteiger partial charge in [-0.25, -0.2) is 4.79 Å². The summed E-state index contributed by atoms with van der Waals surface area (Å²) < 4.78 is 33.0. The summed E-state index contributed by atoms with van der Waals surface area (Å²) in [6, 6.07) is 2.02. The van der Waals surface area contributed by atoms with E-state index >= 15 is 0 Å². The standard InChI is InChI=1S/C11H9ClF2O4/c1-2-17-10(16)7-4-9(18-11(13)14)8(12)3-6(7)5-15/h3-5,11H,2H2,1H3. The molecule has 0 unspecified atom stereocenters. The molecule has 0 N–H and O–H groups in total. The van der Waals surface area contributed by atoms with Gasteiger partial charge in [-0.3, -0.25) is 4.79 Å². The Labute approximate surface area is 106 Å². The van der Waals surface area contributed by atoms with E-state index in [1.54, 1.807) is 6.92 Å². The Morgan fingerprint density at radius 3 is 2.67 bits per heavy atom. The van der Waals surface area contributed by atoms with Crippen molar-refractivity contribution in [1.29, 1.82) is 0 Å². The number of benzene rings is 1. The Morgan fingerprint density at radius 2 is 2.17 bits per heavy atom. The zero-order valence-corrected chi connectivity index (χ0v) is 10.0. The van der Waals surface area contributed by atoms with Gasteiger partial charge in [0.05, 0.1) is 17.2 Å². The van der Waals surface area contributed by atoms with E-state index in [-0.39, 0.29) is 28.5 Å². The number of hydrogen-bond acceptors (Lipinski definition) is 4. The third-order valence-corrected chi connectivity index (χ3v) is 2.24. The van der Waals surface area contributed by atoms with Crippen molar-refractivity contribution in [2.75, 3.05) is 6.61 Å². The quantitative estimate of drug-likeness (QED) is 0.614. The summed E-state index contributed by atoms with van der Waals surface area (Å²) in [6.45, 7) is -1.42. The average Bonchev–Trinajstić information content (AvgIpc) is 2.30. The smallest absolute Gasteiger partial charge is 0.387 e. The highest BCUT2D eigenvalue weighted by Gasteiger charge is 2.18. The van der Waals surface area contributed by atoms with E-state index < -0.39 is 12.6 Å². The Bertz CT molecular complexity index is 463. The van der Waals surface area contributed by atoms with Crippen LogP contribution in [0.15, 0.2) is 12.1 Å². The molecule has 18 heavy (non-hydrogen) atoms. The molecule has 0 heterocycles. The van der Waals surface area contributed by atoms with Gasteiger partial charge in [0.15, 0.2) is 6.29 Å². The first-order chi connectivity index (χ1) is 8.49. The third kappa shape index (κ3) is 3.40. The zero-order chi connectivity index (χ0) is 13.7. The lowest BCUT2D eigenvalue weighted by Gasteiger charge is -2.10. The predicted octanol–water partition coefficient (Wildman–Crippen LogP) is 2.93. The van der Waals surface area contributed by atoms with E-state index in [2.05, 4.69) is 9.47 Å². The number of alkyl halides is 2. The molecule has 0 aliphatic carbocycles. The van der Waals surface area contributed by atoms with Crippen LogP contribution in [0.25, 0.3) is 0 Å². The molecular formula is C11H9ClF2O4. The van der Waals surface area contributed by atoms with Gasteiger partial charge in [0.2, 0.25) is 0 Å². The third-order valence-electron chi connectivity index (χ3n) is 1.94. The zero-order valence-electron chi connectivity index (χ0n) is 9.28. The Balaban J connectivity index is 3.21. The van der Waals surface area contributed by atoms with Crippen molar-refractivity contribution >= 4 is 23.9 Å². The molecule has 4 nitrogen and oxygen atoms in total. The molecular weight excluding hydrogens is 270 g/mol.